The molecule has 1 unspecified atom stereocenters. The maximum atomic E-state index is 3.51. The lowest BCUT2D eigenvalue weighted by Crippen LogP contribution is -2.26. The van der Waals surface area contributed by atoms with Crippen LogP contribution >= 0.6 is 0 Å². The van der Waals surface area contributed by atoms with Crippen molar-refractivity contribution in [3.8, 4) is 0 Å². The highest BCUT2D eigenvalue weighted by Crippen LogP contribution is 2.22. The summed E-state index contributed by atoms with van der Waals surface area (Å²) >= 11 is 0. The molecule has 0 bridgehead atoms. The number of rotatable bonds is 3. The van der Waals surface area contributed by atoms with E-state index < -0.39 is 0 Å². The number of fused-ring (bicyclic) bond motifs is 1. The van der Waals surface area contributed by atoms with Crippen molar-refractivity contribution >= 4 is 10.9 Å². The fourth-order valence-electron chi connectivity index (χ4n) is 2.15. The average molecular weight is 216 g/mol. The summed E-state index contributed by atoms with van der Waals surface area (Å²) in [7, 11) is 0. The van der Waals surface area contributed by atoms with Crippen LogP contribution in [0.3, 0.4) is 0 Å². The zero-order valence-corrected chi connectivity index (χ0v) is 10.5. The molecule has 0 amide bonds. The number of aromatic nitrogens is 1. The Kier molecular flexibility index (Phi) is 3.01. The van der Waals surface area contributed by atoms with Crippen LogP contribution in [0.4, 0.5) is 0 Å². The third kappa shape index (κ3) is 2.12. The molecule has 0 aliphatic heterocycles. The summed E-state index contributed by atoms with van der Waals surface area (Å²) in [5.41, 5.74) is 3.82. The van der Waals surface area contributed by atoms with E-state index in [0.29, 0.717) is 12.1 Å². The molecule has 2 aromatic rings. The first-order chi connectivity index (χ1) is 7.58. The molecule has 0 fully saturated rings. The van der Waals surface area contributed by atoms with Crippen molar-refractivity contribution in [3.05, 3.63) is 35.5 Å². The van der Waals surface area contributed by atoms with Crippen molar-refractivity contribution in [3.63, 3.8) is 0 Å². The number of H-pyrrole nitrogens is 1. The lowest BCUT2D eigenvalue weighted by Gasteiger charge is -2.15. The number of hydrogen-bond donors (Lipinski definition) is 2. The summed E-state index contributed by atoms with van der Waals surface area (Å²) in [5.74, 6) is 0. The van der Waals surface area contributed by atoms with Gasteiger partial charge in [0.05, 0.1) is 0 Å². The quantitative estimate of drug-likeness (QED) is 0.807. The Hall–Kier alpha value is -1.28. The number of hydrogen-bond acceptors (Lipinski definition) is 1. The van der Waals surface area contributed by atoms with E-state index >= 15 is 0 Å². The van der Waals surface area contributed by atoms with E-state index in [1.54, 1.807) is 0 Å². The van der Waals surface area contributed by atoms with E-state index in [1.807, 2.05) is 0 Å². The highest BCUT2D eigenvalue weighted by atomic mass is 15.0. The topological polar surface area (TPSA) is 27.8 Å². The van der Waals surface area contributed by atoms with E-state index in [9.17, 15) is 0 Å². The van der Waals surface area contributed by atoms with Crippen LogP contribution in [0.1, 0.15) is 38.1 Å². The normalized spacial score (nSPS) is 13.6. The Bertz CT molecular complexity index is 482. The van der Waals surface area contributed by atoms with Crippen molar-refractivity contribution in [2.75, 3.05) is 0 Å². The molecule has 0 spiro atoms. The summed E-state index contributed by atoms with van der Waals surface area (Å²) in [5, 5.41) is 4.84. The largest absolute Gasteiger partial charge is 0.357 e. The van der Waals surface area contributed by atoms with Gasteiger partial charge in [-0.2, -0.15) is 0 Å². The fraction of sp³-hybridized carbons (Fsp3) is 0.429. The van der Waals surface area contributed by atoms with Crippen LogP contribution in [0.2, 0.25) is 0 Å². The van der Waals surface area contributed by atoms with Crippen molar-refractivity contribution < 1.29 is 0 Å². The number of aryl methyl sites for hydroxylation is 1. The number of aromatic amines is 1. The summed E-state index contributed by atoms with van der Waals surface area (Å²) in [4.78, 5) is 3.48. The zero-order chi connectivity index (χ0) is 11.7. The molecule has 16 heavy (non-hydrogen) atoms. The van der Waals surface area contributed by atoms with Gasteiger partial charge >= 0.3 is 0 Å². The number of benzene rings is 1. The second kappa shape index (κ2) is 4.30. The molecular weight excluding hydrogens is 196 g/mol. The maximum absolute atomic E-state index is 3.51. The molecule has 0 saturated carbocycles. The molecule has 0 saturated heterocycles. The van der Waals surface area contributed by atoms with E-state index in [2.05, 4.69) is 62.3 Å². The Morgan fingerprint density at radius 3 is 2.56 bits per heavy atom. The molecule has 0 aliphatic rings. The second-order valence-electron chi connectivity index (χ2n) is 4.80. The van der Waals surface area contributed by atoms with Crippen LogP contribution in [-0.4, -0.2) is 11.0 Å². The van der Waals surface area contributed by atoms with Gasteiger partial charge in [-0.3, -0.25) is 0 Å². The minimum atomic E-state index is 0.367. The molecule has 1 aromatic carbocycles. The third-order valence-electron chi connectivity index (χ3n) is 2.95. The molecule has 0 radical (unpaired) electrons. The first-order valence-electron chi connectivity index (χ1n) is 5.92. The monoisotopic (exact) mass is 216 g/mol. The van der Waals surface area contributed by atoms with Gasteiger partial charge in [0.15, 0.2) is 0 Å². The SMILES string of the molecule is Cc1cccc2[nH]c(C(C)NC(C)C)cc12. The van der Waals surface area contributed by atoms with Crippen LogP contribution in [0.5, 0.6) is 0 Å². The fourth-order valence-corrected chi connectivity index (χ4v) is 2.15. The minimum Gasteiger partial charge on any atom is -0.357 e. The molecule has 1 aromatic heterocycles. The first-order valence-corrected chi connectivity index (χ1v) is 5.92. The molecular formula is C14H20N2. The summed E-state index contributed by atoms with van der Waals surface area (Å²) in [6.45, 7) is 8.69. The smallest absolute Gasteiger partial charge is 0.0459 e. The van der Waals surface area contributed by atoms with Crippen LogP contribution in [-0.2, 0) is 0 Å². The summed E-state index contributed by atoms with van der Waals surface area (Å²) < 4.78 is 0. The van der Waals surface area contributed by atoms with Crippen LogP contribution < -0.4 is 5.32 Å². The molecule has 2 N–H and O–H groups in total. The van der Waals surface area contributed by atoms with E-state index in [1.165, 1.54) is 22.2 Å². The van der Waals surface area contributed by atoms with Gasteiger partial charge in [-0.15, -0.1) is 0 Å². The van der Waals surface area contributed by atoms with Gasteiger partial charge in [-0.05, 0) is 31.5 Å². The van der Waals surface area contributed by atoms with Gasteiger partial charge < -0.3 is 10.3 Å². The van der Waals surface area contributed by atoms with Crippen LogP contribution in [0.25, 0.3) is 10.9 Å². The van der Waals surface area contributed by atoms with Gasteiger partial charge in [0.25, 0.3) is 0 Å². The lowest BCUT2D eigenvalue weighted by molar-refractivity contribution is 0.499. The minimum absolute atomic E-state index is 0.367. The van der Waals surface area contributed by atoms with E-state index in [4.69, 9.17) is 0 Å². The molecule has 2 nitrogen and oxygen atoms in total. The third-order valence-corrected chi connectivity index (χ3v) is 2.95. The first kappa shape index (κ1) is 11.2. The van der Waals surface area contributed by atoms with Crippen molar-refractivity contribution in [1.82, 2.24) is 10.3 Å². The maximum Gasteiger partial charge on any atom is 0.0459 e. The van der Waals surface area contributed by atoms with Crippen LogP contribution in [0.15, 0.2) is 24.3 Å². The summed E-state index contributed by atoms with van der Waals surface area (Å²) in [6, 6.07) is 9.51. The van der Waals surface area contributed by atoms with Crippen molar-refractivity contribution in [2.45, 2.75) is 39.8 Å². The van der Waals surface area contributed by atoms with Crippen molar-refractivity contribution in [1.29, 1.82) is 0 Å². The Balaban J connectivity index is 2.36. The Morgan fingerprint density at radius 2 is 1.94 bits per heavy atom. The number of nitrogens with one attached hydrogen (secondary N) is 2. The predicted molar refractivity (Wildman–Crippen MR) is 69.7 cm³/mol. The van der Waals surface area contributed by atoms with Gasteiger partial charge in [0.2, 0.25) is 0 Å². The Morgan fingerprint density at radius 1 is 1.19 bits per heavy atom. The van der Waals surface area contributed by atoms with Crippen molar-refractivity contribution in [2.24, 2.45) is 0 Å². The molecule has 1 atom stereocenters. The average Bonchev–Trinajstić information content (AvgIpc) is 2.61. The highest BCUT2D eigenvalue weighted by molar-refractivity contribution is 5.83. The molecule has 2 heteroatoms. The molecule has 0 aliphatic carbocycles. The summed E-state index contributed by atoms with van der Waals surface area (Å²) in [6.07, 6.45) is 0. The Labute approximate surface area is 97.1 Å². The second-order valence-corrected chi connectivity index (χ2v) is 4.80. The van der Waals surface area contributed by atoms with Crippen LogP contribution in [0, 0.1) is 6.92 Å². The van der Waals surface area contributed by atoms with E-state index in [0.717, 1.165) is 0 Å². The van der Waals surface area contributed by atoms with Gasteiger partial charge in [-0.1, -0.05) is 26.0 Å². The standard InChI is InChI=1S/C14H20N2/c1-9(2)15-11(4)14-8-12-10(3)6-5-7-13(12)16-14/h5-9,11,15-16H,1-4H3. The predicted octanol–water partition coefficient (Wildman–Crippen LogP) is 3.54. The van der Waals surface area contributed by atoms with Gasteiger partial charge in [-0.25, -0.2) is 0 Å². The van der Waals surface area contributed by atoms with E-state index in [-0.39, 0.29) is 0 Å². The van der Waals surface area contributed by atoms with Gasteiger partial charge in [0.1, 0.15) is 0 Å². The molecule has 1 heterocycles. The zero-order valence-electron chi connectivity index (χ0n) is 10.5. The lowest BCUT2D eigenvalue weighted by atomic mass is 10.1. The molecule has 86 valence electrons. The molecule has 2 rings (SSSR count). The highest BCUT2D eigenvalue weighted by Gasteiger charge is 2.10. The van der Waals surface area contributed by atoms with Gasteiger partial charge in [0, 0.05) is 28.7 Å².